The summed E-state index contributed by atoms with van der Waals surface area (Å²) in [7, 11) is 0. The van der Waals surface area contributed by atoms with E-state index in [1.54, 1.807) is 10.9 Å². The lowest BCUT2D eigenvalue weighted by molar-refractivity contribution is 0.0696. The fourth-order valence-corrected chi connectivity index (χ4v) is 2.86. The third kappa shape index (κ3) is 2.41. The van der Waals surface area contributed by atoms with Gasteiger partial charge in [0.15, 0.2) is 5.65 Å². The van der Waals surface area contributed by atoms with E-state index in [0.717, 1.165) is 17.5 Å². The van der Waals surface area contributed by atoms with Gasteiger partial charge in [-0.15, -0.1) is 0 Å². The van der Waals surface area contributed by atoms with Gasteiger partial charge in [-0.25, -0.2) is 14.5 Å². The molecule has 118 valence electrons. The zero-order valence-electron chi connectivity index (χ0n) is 12.8. The highest BCUT2D eigenvalue weighted by Crippen LogP contribution is 2.30. The predicted octanol–water partition coefficient (Wildman–Crippen LogP) is 1.91. The van der Waals surface area contributed by atoms with Crippen LogP contribution in [0.4, 0.5) is 5.69 Å². The lowest BCUT2D eigenvalue weighted by atomic mass is 10.1. The number of anilines is 1. The van der Waals surface area contributed by atoms with E-state index in [0.29, 0.717) is 37.6 Å². The van der Waals surface area contributed by atoms with Crippen LogP contribution in [-0.2, 0) is 17.7 Å². The number of aryl methyl sites for hydroxylation is 2. The van der Waals surface area contributed by atoms with Crippen LogP contribution < -0.4 is 5.32 Å². The van der Waals surface area contributed by atoms with E-state index >= 15 is 0 Å². The number of hydrogen-bond acceptors (Lipinski definition) is 5. The van der Waals surface area contributed by atoms with Crippen molar-refractivity contribution in [3.05, 3.63) is 17.5 Å². The molecule has 0 aliphatic carbocycles. The largest absolute Gasteiger partial charge is 0.478 e. The van der Waals surface area contributed by atoms with Crippen LogP contribution in [0.25, 0.3) is 11.0 Å². The summed E-state index contributed by atoms with van der Waals surface area (Å²) in [5.41, 5.74) is 2.17. The first kappa shape index (κ1) is 14.8. The number of carboxylic acids is 1. The van der Waals surface area contributed by atoms with Crippen molar-refractivity contribution in [2.75, 3.05) is 18.5 Å². The number of ether oxygens (including phenoxy) is 1. The molecule has 3 rings (SSSR count). The van der Waals surface area contributed by atoms with E-state index in [4.69, 9.17) is 4.74 Å². The van der Waals surface area contributed by atoms with Crippen molar-refractivity contribution < 1.29 is 14.6 Å². The zero-order chi connectivity index (χ0) is 15.7. The van der Waals surface area contributed by atoms with Crippen molar-refractivity contribution in [1.82, 2.24) is 14.8 Å². The second kappa shape index (κ2) is 5.92. The summed E-state index contributed by atoms with van der Waals surface area (Å²) in [4.78, 5) is 16.3. The number of nitrogens with one attached hydrogen (secondary N) is 1. The van der Waals surface area contributed by atoms with Gasteiger partial charge in [0.2, 0.25) is 0 Å². The number of carbonyl (C=O) groups is 1. The van der Waals surface area contributed by atoms with Gasteiger partial charge in [-0.2, -0.15) is 5.10 Å². The maximum absolute atomic E-state index is 11.8. The lowest BCUT2D eigenvalue weighted by Crippen LogP contribution is -2.22. The fourth-order valence-electron chi connectivity index (χ4n) is 2.86. The number of aromatic nitrogens is 3. The Morgan fingerprint density at radius 3 is 2.95 bits per heavy atom. The van der Waals surface area contributed by atoms with Crippen LogP contribution in [0, 0.1) is 0 Å². The molecule has 0 amide bonds. The summed E-state index contributed by atoms with van der Waals surface area (Å²) < 4.78 is 7.17. The first-order valence-electron chi connectivity index (χ1n) is 7.61. The van der Waals surface area contributed by atoms with Crippen molar-refractivity contribution in [2.24, 2.45) is 0 Å². The molecule has 1 atom stereocenters. The van der Waals surface area contributed by atoms with Crippen molar-refractivity contribution in [3.63, 3.8) is 0 Å². The minimum Gasteiger partial charge on any atom is -0.478 e. The zero-order valence-corrected chi connectivity index (χ0v) is 12.8. The van der Waals surface area contributed by atoms with Gasteiger partial charge < -0.3 is 15.2 Å². The lowest BCUT2D eigenvalue weighted by Gasteiger charge is -2.17. The quantitative estimate of drug-likeness (QED) is 0.877. The highest BCUT2D eigenvalue weighted by Gasteiger charge is 2.25. The fraction of sp³-hybridized carbons (Fsp3) is 0.533. The molecule has 1 saturated heterocycles. The molecular weight excluding hydrogens is 284 g/mol. The summed E-state index contributed by atoms with van der Waals surface area (Å²) >= 11 is 0. The van der Waals surface area contributed by atoms with Gasteiger partial charge in [-0.1, -0.05) is 6.92 Å². The van der Waals surface area contributed by atoms with E-state index in [2.05, 4.69) is 15.4 Å². The number of hydrogen-bond donors (Lipinski definition) is 2. The number of pyridine rings is 1. The van der Waals surface area contributed by atoms with Crippen LogP contribution in [0.2, 0.25) is 0 Å². The Hall–Kier alpha value is -2.15. The van der Waals surface area contributed by atoms with Crippen molar-refractivity contribution in [1.29, 1.82) is 0 Å². The molecule has 0 bridgehead atoms. The molecule has 2 aromatic rings. The number of fused-ring (bicyclic) bond motifs is 1. The second-order valence-electron chi connectivity index (χ2n) is 5.37. The molecule has 0 radical (unpaired) electrons. The maximum Gasteiger partial charge on any atom is 0.339 e. The van der Waals surface area contributed by atoms with Gasteiger partial charge in [-0.3, -0.25) is 0 Å². The van der Waals surface area contributed by atoms with Crippen LogP contribution in [0.5, 0.6) is 0 Å². The van der Waals surface area contributed by atoms with Crippen LogP contribution in [0.3, 0.4) is 0 Å². The normalized spacial score (nSPS) is 18.0. The average Bonchev–Trinajstić information content (AvgIpc) is 3.15. The molecular formula is C15H20N4O3. The van der Waals surface area contributed by atoms with Gasteiger partial charge >= 0.3 is 5.97 Å². The molecule has 0 unspecified atom stereocenters. The van der Waals surface area contributed by atoms with Crippen LogP contribution >= 0.6 is 0 Å². The van der Waals surface area contributed by atoms with E-state index in [-0.39, 0.29) is 11.6 Å². The Kier molecular flexibility index (Phi) is 3.98. The van der Waals surface area contributed by atoms with Crippen LogP contribution in [0.15, 0.2) is 6.20 Å². The number of nitrogens with zero attached hydrogens (tertiary/aromatic N) is 3. The molecule has 7 nitrogen and oxygen atoms in total. The molecule has 22 heavy (non-hydrogen) atoms. The Morgan fingerprint density at radius 2 is 2.36 bits per heavy atom. The van der Waals surface area contributed by atoms with Crippen LogP contribution in [-0.4, -0.2) is 45.1 Å². The maximum atomic E-state index is 11.8. The number of carboxylic acid groups (broad SMARTS) is 1. The van der Waals surface area contributed by atoms with Crippen molar-refractivity contribution >= 4 is 22.7 Å². The summed E-state index contributed by atoms with van der Waals surface area (Å²) in [5.74, 6) is -0.961. The molecule has 7 heteroatoms. The smallest absolute Gasteiger partial charge is 0.339 e. The highest BCUT2D eigenvalue weighted by molar-refractivity contribution is 6.04. The van der Waals surface area contributed by atoms with Crippen molar-refractivity contribution in [2.45, 2.75) is 39.3 Å². The summed E-state index contributed by atoms with van der Waals surface area (Å²) in [6, 6.07) is 0.124. The first-order chi connectivity index (χ1) is 10.7. The Bertz CT molecular complexity index is 704. The first-order valence-corrected chi connectivity index (χ1v) is 7.61. The van der Waals surface area contributed by atoms with E-state index in [1.807, 2.05) is 13.8 Å². The molecule has 0 saturated carbocycles. The molecule has 3 heterocycles. The SMILES string of the molecule is CCc1nc2c(cnn2CC)c(N[C@@H]2CCOC2)c1C(=O)O. The topological polar surface area (TPSA) is 89.3 Å². The highest BCUT2D eigenvalue weighted by atomic mass is 16.5. The Labute approximate surface area is 128 Å². The van der Waals surface area contributed by atoms with Gasteiger partial charge in [0.25, 0.3) is 0 Å². The summed E-state index contributed by atoms with van der Waals surface area (Å²) in [6.07, 6.45) is 3.12. The van der Waals surface area contributed by atoms with E-state index in [9.17, 15) is 9.90 Å². The molecule has 0 spiro atoms. The molecule has 1 aliphatic rings. The monoisotopic (exact) mass is 304 g/mol. The molecule has 1 aliphatic heterocycles. The standard InChI is InChI=1S/C15H20N4O3/c1-3-11-12(15(20)21)13(17-9-5-6-22-8-9)10-7-16-19(4-2)14(10)18-11/h7,9H,3-6,8H2,1-2H3,(H,17,18)(H,20,21)/t9-/m1/s1. The molecule has 0 aromatic carbocycles. The third-order valence-electron chi connectivity index (χ3n) is 3.99. The average molecular weight is 304 g/mol. The van der Waals surface area contributed by atoms with Gasteiger partial charge in [-0.05, 0) is 19.8 Å². The third-order valence-corrected chi connectivity index (χ3v) is 3.99. The number of rotatable bonds is 5. The summed E-state index contributed by atoms with van der Waals surface area (Å²) in [6.45, 7) is 5.88. The van der Waals surface area contributed by atoms with Gasteiger partial charge in [0.1, 0.15) is 5.56 Å². The second-order valence-corrected chi connectivity index (χ2v) is 5.37. The molecule has 2 aromatic heterocycles. The van der Waals surface area contributed by atoms with Gasteiger partial charge in [0.05, 0.1) is 35.6 Å². The molecule has 2 N–H and O–H groups in total. The summed E-state index contributed by atoms with van der Waals surface area (Å²) in [5, 5.41) is 18.1. The van der Waals surface area contributed by atoms with Crippen LogP contribution in [0.1, 0.15) is 36.3 Å². The van der Waals surface area contributed by atoms with Crippen molar-refractivity contribution in [3.8, 4) is 0 Å². The van der Waals surface area contributed by atoms with E-state index in [1.165, 1.54) is 0 Å². The minimum absolute atomic E-state index is 0.124. The minimum atomic E-state index is -0.961. The molecule has 1 fully saturated rings. The predicted molar refractivity (Wildman–Crippen MR) is 82.4 cm³/mol. The Balaban J connectivity index is 2.20. The number of aromatic carboxylic acids is 1. The van der Waals surface area contributed by atoms with E-state index < -0.39 is 5.97 Å². The van der Waals surface area contributed by atoms with Gasteiger partial charge in [0, 0.05) is 13.2 Å². The Morgan fingerprint density at radius 1 is 1.55 bits per heavy atom.